The molecule has 0 spiro atoms. The fourth-order valence-electron chi connectivity index (χ4n) is 2.60. The number of hydrogen-bond donors (Lipinski definition) is 2. The van der Waals surface area contributed by atoms with Gasteiger partial charge in [-0.3, -0.25) is 0 Å². The SMILES string of the molecule is Cc1ccc(C(N)=S)c(N2CCCCCC2CO)n1. The molecule has 1 aromatic heterocycles. The van der Waals surface area contributed by atoms with Crippen LogP contribution >= 0.6 is 12.2 Å². The average molecular weight is 279 g/mol. The van der Waals surface area contributed by atoms with Crippen LogP contribution in [-0.4, -0.2) is 34.3 Å². The number of aliphatic hydroxyl groups is 1. The van der Waals surface area contributed by atoms with Gasteiger partial charge in [-0.05, 0) is 31.9 Å². The van der Waals surface area contributed by atoms with Crippen molar-refractivity contribution in [2.75, 3.05) is 18.1 Å². The van der Waals surface area contributed by atoms with Crippen LogP contribution in [-0.2, 0) is 0 Å². The number of anilines is 1. The molecule has 0 amide bonds. The maximum atomic E-state index is 9.61. The normalized spacial score (nSPS) is 20.1. The zero-order valence-corrected chi connectivity index (χ0v) is 12.1. The third kappa shape index (κ3) is 3.22. The molecule has 0 aromatic carbocycles. The predicted molar refractivity (Wildman–Crippen MR) is 81.5 cm³/mol. The van der Waals surface area contributed by atoms with Gasteiger partial charge in [0.15, 0.2) is 0 Å². The molecule has 1 fully saturated rings. The quantitative estimate of drug-likeness (QED) is 0.826. The van der Waals surface area contributed by atoms with Crippen LogP contribution in [0.3, 0.4) is 0 Å². The smallest absolute Gasteiger partial charge is 0.139 e. The molecule has 0 radical (unpaired) electrons. The molecule has 3 N–H and O–H groups in total. The van der Waals surface area contributed by atoms with Gasteiger partial charge in [-0.2, -0.15) is 0 Å². The molecule has 5 heteroatoms. The third-order valence-electron chi connectivity index (χ3n) is 3.64. The van der Waals surface area contributed by atoms with Gasteiger partial charge in [0.25, 0.3) is 0 Å². The standard InChI is InChI=1S/C14H21N3OS/c1-10-6-7-12(13(15)19)14(16-10)17-8-4-2-3-5-11(17)9-18/h6-7,11,18H,2-5,8-9H2,1H3,(H2,15,19). The molecule has 1 atom stereocenters. The Labute approximate surface area is 119 Å². The maximum absolute atomic E-state index is 9.61. The zero-order valence-electron chi connectivity index (χ0n) is 11.3. The molecule has 0 bridgehead atoms. The van der Waals surface area contributed by atoms with Crippen LogP contribution in [0.2, 0.25) is 0 Å². The highest BCUT2D eigenvalue weighted by Gasteiger charge is 2.24. The van der Waals surface area contributed by atoms with Crippen LogP contribution in [0, 0.1) is 6.92 Å². The van der Waals surface area contributed by atoms with Crippen molar-refractivity contribution in [3.8, 4) is 0 Å². The van der Waals surface area contributed by atoms with E-state index < -0.39 is 0 Å². The summed E-state index contributed by atoms with van der Waals surface area (Å²) in [6.07, 6.45) is 4.45. The van der Waals surface area contributed by atoms with E-state index in [1.807, 2.05) is 19.1 Å². The van der Waals surface area contributed by atoms with Crippen LogP contribution in [0.15, 0.2) is 12.1 Å². The maximum Gasteiger partial charge on any atom is 0.139 e. The van der Waals surface area contributed by atoms with Crippen LogP contribution < -0.4 is 10.6 Å². The summed E-state index contributed by atoms with van der Waals surface area (Å²) < 4.78 is 0. The lowest BCUT2D eigenvalue weighted by Gasteiger charge is -2.31. The number of aromatic nitrogens is 1. The molecule has 0 aliphatic carbocycles. The lowest BCUT2D eigenvalue weighted by atomic mass is 10.1. The number of aryl methyl sites for hydroxylation is 1. The molecular weight excluding hydrogens is 258 g/mol. The van der Waals surface area contributed by atoms with Gasteiger partial charge in [0, 0.05) is 12.2 Å². The first-order valence-corrected chi connectivity index (χ1v) is 7.19. The highest BCUT2D eigenvalue weighted by Crippen LogP contribution is 2.26. The van der Waals surface area contributed by atoms with Gasteiger partial charge in [-0.15, -0.1) is 0 Å². The summed E-state index contributed by atoms with van der Waals surface area (Å²) >= 11 is 5.12. The van der Waals surface area contributed by atoms with Crippen molar-refractivity contribution in [3.05, 3.63) is 23.4 Å². The minimum Gasteiger partial charge on any atom is -0.394 e. The van der Waals surface area contributed by atoms with Crippen molar-refractivity contribution < 1.29 is 5.11 Å². The van der Waals surface area contributed by atoms with E-state index in [0.29, 0.717) is 4.99 Å². The molecule has 2 rings (SSSR count). The minimum absolute atomic E-state index is 0.116. The van der Waals surface area contributed by atoms with Crippen molar-refractivity contribution in [1.29, 1.82) is 0 Å². The van der Waals surface area contributed by atoms with Crippen LogP contribution in [0.4, 0.5) is 5.82 Å². The van der Waals surface area contributed by atoms with Crippen LogP contribution in [0.1, 0.15) is 36.9 Å². The summed E-state index contributed by atoms with van der Waals surface area (Å²) in [6.45, 7) is 3.00. The Bertz CT molecular complexity index is 464. The lowest BCUT2D eigenvalue weighted by Crippen LogP contribution is -2.39. The Kier molecular flexibility index (Phi) is 4.71. The van der Waals surface area contributed by atoms with Gasteiger partial charge >= 0.3 is 0 Å². The molecule has 19 heavy (non-hydrogen) atoms. The van der Waals surface area contributed by atoms with E-state index in [2.05, 4.69) is 9.88 Å². The second kappa shape index (κ2) is 6.30. The molecule has 4 nitrogen and oxygen atoms in total. The number of nitrogens with zero attached hydrogens (tertiary/aromatic N) is 2. The highest BCUT2D eigenvalue weighted by molar-refractivity contribution is 7.80. The first-order chi connectivity index (χ1) is 9.13. The van der Waals surface area contributed by atoms with Gasteiger partial charge in [0.2, 0.25) is 0 Å². The van der Waals surface area contributed by atoms with Gasteiger partial charge in [-0.25, -0.2) is 4.98 Å². The van der Waals surface area contributed by atoms with Gasteiger partial charge in [0.05, 0.1) is 18.2 Å². The second-order valence-corrected chi connectivity index (χ2v) is 5.51. The molecule has 1 aliphatic heterocycles. The Morgan fingerprint density at radius 2 is 2.26 bits per heavy atom. The molecule has 1 unspecified atom stereocenters. The summed E-state index contributed by atoms with van der Waals surface area (Å²) in [5, 5.41) is 9.61. The topological polar surface area (TPSA) is 62.4 Å². The molecule has 0 saturated carbocycles. The molecule has 1 aromatic rings. The fourth-order valence-corrected chi connectivity index (χ4v) is 2.76. The van der Waals surface area contributed by atoms with Crippen LogP contribution in [0.5, 0.6) is 0 Å². The Morgan fingerprint density at radius 1 is 1.47 bits per heavy atom. The number of rotatable bonds is 3. The molecule has 104 valence electrons. The molecule has 2 heterocycles. The number of hydrogen-bond acceptors (Lipinski definition) is 4. The van der Waals surface area contributed by atoms with E-state index in [9.17, 15) is 5.11 Å². The molecular formula is C14H21N3OS. The van der Waals surface area contributed by atoms with Gasteiger partial charge < -0.3 is 15.7 Å². The van der Waals surface area contributed by atoms with Crippen molar-refractivity contribution in [2.24, 2.45) is 5.73 Å². The molecule has 1 aliphatic rings. The van der Waals surface area contributed by atoms with E-state index in [0.717, 1.165) is 42.9 Å². The van der Waals surface area contributed by atoms with Crippen LogP contribution in [0.25, 0.3) is 0 Å². The number of nitrogens with two attached hydrogens (primary N) is 1. The number of aliphatic hydroxyl groups excluding tert-OH is 1. The summed E-state index contributed by atoms with van der Waals surface area (Å²) in [4.78, 5) is 7.14. The van der Waals surface area contributed by atoms with Crippen molar-refractivity contribution in [1.82, 2.24) is 4.98 Å². The fraction of sp³-hybridized carbons (Fsp3) is 0.571. The van der Waals surface area contributed by atoms with Crippen molar-refractivity contribution in [3.63, 3.8) is 0 Å². The van der Waals surface area contributed by atoms with Gasteiger partial charge in [0.1, 0.15) is 10.8 Å². The summed E-state index contributed by atoms with van der Waals surface area (Å²) in [7, 11) is 0. The molecule has 1 saturated heterocycles. The van der Waals surface area contributed by atoms with E-state index in [-0.39, 0.29) is 12.6 Å². The number of thiocarbonyl (C=S) groups is 1. The van der Waals surface area contributed by atoms with E-state index >= 15 is 0 Å². The Morgan fingerprint density at radius 3 is 2.95 bits per heavy atom. The van der Waals surface area contributed by atoms with Crippen molar-refractivity contribution in [2.45, 2.75) is 38.6 Å². The largest absolute Gasteiger partial charge is 0.394 e. The predicted octanol–water partition coefficient (Wildman–Crippen LogP) is 1.77. The monoisotopic (exact) mass is 279 g/mol. The minimum atomic E-state index is 0.116. The first kappa shape index (κ1) is 14.2. The summed E-state index contributed by atoms with van der Waals surface area (Å²) in [6, 6.07) is 3.97. The Hall–Kier alpha value is -1.20. The van der Waals surface area contributed by atoms with E-state index in [1.165, 1.54) is 6.42 Å². The Balaban J connectivity index is 2.42. The van der Waals surface area contributed by atoms with Crippen molar-refractivity contribution >= 4 is 23.0 Å². The summed E-state index contributed by atoms with van der Waals surface area (Å²) in [5.74, 6) is 0.827. The highest BCUT2D eigenvalue weighted by atomic mass is 32.1. The van der Waals surface area contributed by atoms with E-state index in [4.69, 9.17) is 18.0 Å². The lowest BCUT2D eigenvalue weighted by molar-refractivity contribution is 0.254. The number of pyridine rings is 1. The third-order valence-corrected chi connectivity index (χ3v) is 3.86. The first-order valence-electron chi connectivity index (χ1n) is 6.78. The zero-order chi connectivity index (χ0) is 13.8. The van der Waals surface area contributed by atoms with E-state index in [1.54, 1.807) is 0 Å². The second-order valence-electron chi connectivity index (χ2n) is 5.07. The summed E-state index contributed by atoms with van der Waals surface area (Å²) in [5.41, 5.74) is 7.55. The van der Waals surface area contributed by atoms with Gasteiger partial charge in [-0.1, -0.05) is 25.1 Å². The average Bonchev–Trinajstić information content (AvgIpc) is 2.63.